The second kappa shape index (κ2) is 7.97. The molecule has 0 amide bonds. The highest BCUT2D eigenvalue weighted by atomic mass is 79.9. The van der Waals surface area contributed by atoms with Crippen molar-refractivity contribution in [3.63, 3.8) is 0 Å². The van der Waals surface area contributed by atoms with Crippen LogP contribution in [-0.2, 0) is 16.2 Å². The van der Waals surface area contributed by atoms with Crippen LogP contribution in [0.2, 0.25) is 0 Å². The van der Waals surface area contributed by atoms with Gasteiger partial charge in [-0.25, -0.2) is 4.79 Å². The maximum Gasteiger partial charge on any atom is 0.332 e. The first-order chi connectivity index (χ1) is 15.9. The molecule has 1 aliphatic heterocycles. The molecule has 0 saturated heterocycles. The Hall–Kier alpha value is -3.78. The molecule has 0 spiro atoms. The van der Waals surface area contributed by atoms with Crippen molar-refractivity contribution in [2.24, 2.45) is 5.16 Å². The number of aromatic nitrogens is 1. The van der Waals surface area contributed by atoms with E-state index in [4.69, 9.17) is 4.74 Å². The van der Waals surface area contributed by atoms with E-state index in [1.165, 1.54) is 6.92 Å². The van der Waals surface area contributed by atoms with Gasteiger partial charge in [0, 0.05) is 40.0 Å². The predicted octanol–water partition coefficient (Wildman–Crippen LogP) is 5.26. The number of carbonyl (C=O) groups is 3. The average molecular weight is 505 g/mol. The second-order valence-electron chi connectivity index (χ2n) is 7.53. The number of benzene rings is 3. The zero-order valence-corrected chi connectivity index (χ0v) is 19.3. The molecule has 0 saturated carbocycles. The normalized spacial score (nSPS) is 14.0. The monoisotopic (exact) mass is 504 g/mol. The first kappa shape index (κ1) is 21.1. The fourth-order valence-electron chi connectivity index (χ4n) is 4.15. The third kappa shape index (κ3) is 3.34. The minimum absolute atomic E-state index is 0.122. The van der Waals surface area contributed by atoms with Gasteiger partial charge in [0.05, 0.1) is 16.5 Å². The van der Waals surface area contributed by atoms with E-state index in [1.54, 1.807) is 18.2 Å². The lowest BCUT2D eigenvalue weighted by Crippen LogP contribution is -2.13. The topological polar surface area (TPSA) is 87.0 Å². The summed E-state index contributed by atoms with van der Waals surface area (Å²) in [4.78, 5) is 41.7. The molecule has 0 unspecified atom stereocenters. The molecule has 5 rings (SSSR count). The van der Waals surface area contributed by atoms with Crippen molar-refractivity contribution in [1.29, 1.82) is 0 Å². The van der Waals surface area contributed by atoms with Gasteiger partial charge in [0.1, 0.15) is 0 Å². The molecule has 0 bridgehead atoms. The third-order valence-electron chi connectivity index (χ3n) is 5.57. The predicted molar refractivity (Wildman–Crippen MR) is 127 cm³/mol. The molecular weight excluding hydrogens is 488 g/mol. The number of nitrogens with zero attached hydrogens (tertiary/aromatic N) is 2. The summed E-state index contributed by atoms with van der Waals surface area (Å²) < 4.78 is 8.58. The third-order valence-corrected chi connectivity index (χ3v) is 6.27. The van der Waals surface area contributed by atoms with Crippen LogP contribution in [0.1, 0.15) is 40.1 Å². The summed E-state index contributed by atoms with van der Waals surface area (Å²) >= 11 is 3.45. The molecule has 7 nitrogen and oxygen atoms in total. The molecule has 164 valence electrons. The molecule has 2 heterocycles. The molecule has 3 aromatic carbocycles. The van der Waals surface area contributed by atoms with Crippen LogP contribution in [0.3, 0.4) is 0 Å². The molecular formula is C25H17BrN2O5. The van der Waals surface area contributed by atoms with Crippen LogP contribution < -0.4 is 4.74 Å². The van der Waals surface area contributed by atoms with Crippen molar-refractivity contribution >= 4 is 61.2 Å². The number of ether oxygens (including phenoxy) is 1. The SMILES string of the molecule is CCn1c2ccc(C(=O)c3ccccc3Br)cc2c2c3c(ccc21)C(=O)C(=NOC(C)=O)O3. The quantitative estimate of drug-likeness (QED) is 0.215. The summed E-state index contributed by atoms with van der Waals surface area (Å²) in [6.07, 6.45) is 0. The van der Waals surface area contributed by atoms with Crippen molar-refractivity contribution in [2.75, 3.05) is 0 Å². The Morgan fingerprint density at radius 2 is 1.85 bits per heavy atom. The smallest absolute Gasteiger partial charge is 0.332 e. The number of carbonyl (C=O) groups excluding carboxylic acids is 3. The van der Waals surface area contributed by atoms with Crippen molar-refractivity contribution in [1.82, 2.24) is 4.57 Å². The molecule has 0 aliphatic carbocycles. The van der Waals surface area contributed by atoms with E-state index in [0.29, 0.717) is 38.8 Å². The molecule has 8 heteroatoms. The van der Waals surface area contributed by atoms with Gasteiger partial charge in [0.2, 0.25) is 0 Å². The lowest BCUT2D eigenvalue weighted by atomic mass is 10.00. The van der Waals surface area contributed by atoms with Crippen LogP contribution in [0.25, 0.3) is 21.8 Å². The standard InChI is InChI=1S/C25H17BrN2O5/c1-3-28-19-10-8-14(22(30)15-6-4-5-7-18(15)26)12-17(19)21-20(28)11-9-16-23(31)25(32-24(16)21)27-33-13(2)29/h4-12H,3H2,1-2H3. The van der Waals surface area contributed by atoms with E-state index >= 15 is 0 Å². The fraction of sp³-hybridized carbons (Fsp3) is 0.120. The second-order valence-corrected chi connectivity index (χ2v) is 8.39. The zero-order chi connectivity index (χ0) is 23.3. The van der Waals surface area contributed by atoms with Crippen molar-refractivity contribution < 1.29 is 24.0 Å². The van der Waals surface area contributed by atoms with Crippen LogP contribution >= 0.6 is 15.9 Å². The Kier molecular flexibility index (Phi) is 5.09. The fourth-order valence-corrected chi connectivity index (χ4v) is 4.62. The number of aryl methyl sites for hydroxylation is 1. The van der Waals surface area contributed by atoms with Gasteiger partial charge in [-0.2, -0.15) is 0 Å². The molecule has 1 aliphatic rings. The van der Waals surface area contributed by atoms with Crippen LogP contribution in [-0.4, -0.2) is 28.0 Å². The number of ketones is 2. The highest BCUT2D eigenvalue weighted by Crippen LogP contribution is 2.41. The highest BCUT2D eigenvalue weighted by Gasteiger charge is 2.33. The number of fused-ring (bicyclic) bond motifs is 5. The van der Waals surface area contributed by atoms with Gasteiger partial charge < -0.3 is 14.1 Å². The first-order valence-corrected chi connectivity index (χ1v) is 11.1. The lowest BCUT2D eigenvalue weighted by Gasteiger charge is -2.05. The van der Waals surface area contributed by atoms with Gasteiger partial charge >= 0.3 is 11.9 Å². The summed E-state index contributed by atoms with van der Waals surface area (Å²) in [6.45, 7) is 3.89. The van der Waals surface area contributed by atoms with Crippen molar-refractivity contribution in [3.05, 3.63) is 75.8 Å². The van der Waals surface area contributed by atoms with Gasteiger partial charge in [0.15, 0.2) is 11.5 Å². The number of oxime groups is 1. The van der Waals surface area contributed by atoms with Gasteiger partial charge in [-0.15, -0.1) is 0 Å². The molecule has 0 fully saturated rings. The Balaban J connectivity index is 1.73. The molecule has 0 N–H and O–H groups in total. The summed E-state index contributed by atoms with van der Waals surface area (Å²) in [5, 5.41) is 5.04. The maximum absolute atomic E-state index is 13.2. The average Bonchev–Trinajstić information content (AvgIpc) is 3.31. The van der Waals surface area contributed by atoms with Crippen LogP contribution in [0, 0.1) is 0 Å². The number of halogens is 1. The van der Waals surface area contributed by atoms with Gasteiger partial charge in [-0.1, -0.05) is 28.1 Å². The molecule has 33 heavy (non-hydrogen) atoms. The summed E-state index contributed by atoms with van der Waals surface area (Å²) in [7, 11) is 0. The van der Waals surface area contributed by atoms with Crippen molar-refractivity contribution in [3.8, 4) is 5.75 Å². The largest absolute Gasteiger partial charge is 0.432 e. The Morgan fingerprint density at radius 3 is 2.58 bits per heavy atom. The number of hydrogen-bond donors (Lipinski definition) is 0. The summed E-state index contributed by atoms with van der Waals surface area (Å²) in [6, 6.07) is 16.3. The van der Waals surface area contributed by atoms with E-state index in [2.05, 4.69) is 30.5 Å². The van der Waals surface area contributed by atoms with Crippen LogP contribution in [0.5, 0.6) is 5.75 Å². The van der Waals surface area contributed by atoms with Gasteiger partial charge in [-0.3, -0.25) is 9.59 Å². The van der Waals surface area contributed by atoms with Crippen LogP contribution in [0.4, 0.5) is 0 Å². The summed E-state index contributed by atoms with van der Waals surface area (Å²) in [5.74, 6) is -1.20. The minimum atomic E-state index is -0.655. The number of hydrogen-bond acceptors (Lipinski definition) is 6. The molecule has 0 atom stereocenters. The summed E-state index contributed by atoms with van der Waals surface area (Å²) in [5.41, 5.74) is 3.17. The number of rotatable bonds is 4. The van der Waals surface area contributed by atoms with Gasteiger partial charge in [0.25, 0.3) is 5.78 Å². The van der Waals surface area contributed by atoms with Crippen molar-refractivity contribution in [2.45, 2.75) is 20.4 Å². The number of Topliss-reactive ketones (excluding diaryl/α,β-unsaturated/α-hetero) is 1. The van der Waals surface area contributed by atoms with E-state index in [-0.39, 0.29) is 11.7 Å². The van der Waals surface area contributed by atoms with E-state index in [9.17, 15) is 14.4 Å². The Morgan fingerprint density at radius 1 is 1.09 bits per heavy atom. The Labute approximate surface area is 196 Å². The van der Waals surface area contributed by atoms with Crippen LogP contribution in [0.15, 0.2) is 64.2 Å². The molecule has 0 radical (unpaired) electrons. The van der Waals surface area contributed by atoms with E-state index in [0.717, 1.165) is 16.4 Å². The van der Waals surface area contributed by atoms with Gasteiger partial charge in [-0.05, 0) is 54.5 Å². The zero-order valence-electron chi connectivity index (χ0n) is 17.7. The van der Waals surface area contributed by atoms with E-state index < -0.39 is 11.8 Å². The molecule has 4 aromatic rings. The lowest BCUT2D eigenvalue weighted by molar-refractivity contribution is -0.141. The maximum atomic E-state index is 13.2. The molecule has 1 aromatic heterocycles. The first-order valence-electron chi connectivity index (χ1n) is 10.3. The van der Waals surface area contributed by atoms with E-state index in [1.807, 2.05) is 43.3 Å². The Bertz CT molecular complexity index is 1530. The highest BCUT2D eigenvalue weighted by molar-refractivity contribution is 9.10. The minimum Gasteiger partial charge on any atom is -0.432 e.